The van der Waals surface area contributed by atoms with E-state index in [2.05, 4.69) is 27.2 Å². The number of aldehydes is 1. The predicted molar refractivity (Wildman–Crippen MR) is 88.6 cm³/mol. The van der Waals surface area contributed by atoms with Crippen molar-refractivity contribution in [3.05, 3.63) is 39.9 Å². The number of nitrogens with one attached hydrogen (secondary N) is 1. The van der Waals surface area contributed by atoms with Gasteiger partial charge in [-0.25, -0.2) is 15.0 Å². The van der Waals surface area contributed by atoms with Crippen molar-refractivity contribution in [1.82, 2.24) is 20.3 Å². The fourth-order valence-corrected chi connectivity index (χ4v) is 2.84. The second kappa shape index (κ2) is 8.47. The van der Waals surface area contributed by atoms with E-state index in [4.69, 9.17) is 0 Å². The fourth-order valence-electron chi connectivity index (χ4n) is 2.10. The average molecular weight is 332 g/mol. The van der Waals surface area contributed by atoms with Crippen LogP contribution in [0.4, 0.5) is 0 Å². The van der Waals surface area contributed by atoms with Gasteiger partial charge in [0.2, 0.25) is 0 Å². The lowest BCUT2D eigenvalue weighted by Gasteiger charge is -2.11. The Kier molecular flexibility index (Phi) is 6.34. The van der Waals surface area contributed by atoms with Crippen LogP contribution in [0.15, 0.2) is 18.6 Å². The first-order chi connectivity index (χ1) is 11.1. The van der Waals surface area contributed by atoms with E-state index in [0.29, 0.717) is 15.6 Å². The topological polar surface area (TPSA) is 84.8 Å². The summed E-state index contributed by atoms with van der Waals surface area (Å²) >= 11 is 1.27. The Bertz CT molecular complexity index is 672. The van der Waals surface area contributed by atoms with Crippen molar-refractivity contribution >= 4 is 23.5 Å². The van der Waals surface area contributed by atoms with E-state index in [1.165, 1.54) is 23.9 Å². The summed E-state index contributed by atoms with van der Waals surface area (Å²) in [5, 5.41) is 3.54. The fraction of sp³-hybridized carbons (Fsp3) is 0.438. The minimum atomic E-state index is -0.278. The van der Waals surface area contributed by atoms with Gasteiger partial charge >= 0.3 is 0 Å². The molecule has 1 atom stereocenters. The van der Waals surface area contributed by atoms with Gasteiger partial charge in [0.15, 0.2) is 6.29 Å². The lowest BCUT2D eigenvalue weighted by atomic mass is 10.1. The van der Waals surface area contributed by atoms with Gasteiger partial charge in [-0.15, -0.1) is 11.3 Å². The van der Waals surface area contributed by atoms with Gasteiger partial charge in [0, 0.05) is 11.9 Å². The molecule has 23 heavy (non-hydrogen) atoms. The van der Waals surface area contributed by atoms with E-state index in [1.54, 1.807) is 6.07 Å². The molecule has 6 nitrogen and oxygen atoms in total. The maximum atomic E-state index is 12.3. The Morgan fingerprint density at radius 2 is 2.17 bits per heavy atom. The van der Waals surface area contributed by atoms with E-state index in [0.717, 1.165) is 37.7 Å². The third-order valence-electron chi connectivity index (χ3n) is 3.37. The Balaban J connectivity index is 1.99. The largest absolute Gasteiger partial charge is 0.342 e. The van der Waals surface area contributed by atoms with Crippen molar-refractivity contribution in [2.75, 3.05) is 0 Å². The average Bonchev–Trinajstić information content (AvgIpc) is 3.04. The summed E-state index contributed by atoms with van der Waals surface area (Å²) in [7, 11) is 0. The smallest absolute Gasteiger partial charge is 0.270 e. The second-order valence-corrected chi connectivity index (χ2v) is 6.36. The first kappa shape index (κ1) is 17.2. The summed E-state index contributed by atoms with van der Waals surface area (Å²) < 4.78 is 0. The molecule has 0 bridgehead atoms. The Hall–Kier alpha value is -2.15. The van der Waals surface area contributed by atoms with Crippen LogP contribution in [0.2, 0.25) is 0 Å². The molecule has 1 N–H and O–H groups in total. The summed E-state index contributed by atoms with van der Waals surface area (Å²) in [4.78, 5) is 35.9. The molecule has 2 heterocycles. The lowest BCUT2D eigenvalue weighted by molar-refractivity contribution is 0.0934. The molecule has 0 aromatic carbocycles. The molecule has 0 aliphatic rings. The van der Waals surface area contributed by atoms with Gasteiger partial charge < -0.3 is 5.32 Å². The Labute approximate surface area is 139 Å². The highest BCUT2D eigenvalue weighted by atomic mass is 32.1. The SMILES string of the molecule is CCCCCc1cc(C(=O)NC(C)c2ncc(C=O)s2)ncn1. The first-order valence-corrected chi connectivity index (χ1v) is 8.48. The summed E-state index contributed by atoms with van der Waals surface area (Å²) in [5.74, 6) is -0.264. The van der Waals surface area contributed by atoms with Crippen LogP contribution < -0.4 is 5.32 Å². The number of hydrogen-bond acceptors (Lipinski definition) is 6. The Morgan fingerprint density at radius 1 is 1.35 bits per heavy atom. The number of aryl methyl sites for hydroxylation is 1. The van der Waals surface area contributed by atoms with Crippen molar-refractivity contribution in [2.45, 2.75) is 45.6 Å². The number of nitrogens with zero attached hydrogens (tertiary/aromatic N) is 3. The molecule has 122 valence electrons. The number of hydrogen-bond donors (Lipinski definition) is 1. The Morgan fingerprint density at radius 3 is 2.87 bits per heavy atom. The number of rotatable bonds is 8. The van der Waals surface area contributed by atoms with Crippen LogP contribution in [0.5, 0.6) is 0 Å². The molecule has 0 radical (unpaired) electrons. The molecule has 0 spiro atoms. The lowest BCUT2D eigenvalue weighted by Crippen LogP contribution is -2.27. The number of unbranched alkanes of at least 4 members (excludes halogenated alkanes) is 2. The van der Waals surface area contributed by atoms with Gasteiger partial charge in [-0.05, 0) is 25.8 Å². The van der Waals surface area contributed by atoms with Gasteiger partial charge in [-0.3, -0.25) is 9.59 Å². The quantitative estimate of drug-likeness (QED) is 0.593. The third kappa shape index (κ3) is 4.92. The van der Waals surface area contributed by atoms with Gasteiger partial charge in [0.05, 0.1) is 10.9 Å². The molecule has 0 aliphatic carbocycles. The van der Waals surface area contributed by atoms with Crippen LogP contribution in [-0.2, 0) is 6.42 Å². The molecule has 2 rings (SSSR count). The van der Waals surface area contributed by atoms with Crippen molar-refractivity contribution in [3.8, 4) is 0 Å². The van der Waals surface area contributed by atoms with E-state index in [1.807, 2.05) is 6.92 Å². The number of carbonyl (C=O) groups excluding carboxylic acids is 2. The van der Waals surface area contributed by atoms with Crippen LogP contribution in [0.3, 0.4) is 0 Å². The summed E-state index contributed by atoms with van der Waals surface area (Å²) in [6.07, 6.45) is 7.88. The van der Waals surface area contributed by atoms with E-state index < -0.39 is 0 Å². The summed E-state index contributed by atoms with van der Waals surface area (Å²) in [6, 6.07) is 1.45. The van der Waals surface area contributed by atoms with E-state index >= 15 is 0 Å². The van der Waals surface area contributed by atoms with Crippen molar-refractivity contribution in [2.24, 2.45) is 0 Å². The molecule has 0 fully saturated rings. The summed E-state index contributed by atoms with van der Waals surface area (Å²) in [6.45, 7) is 3.98. The van der Waals surface area contributed by atoms with Crippen molar-refractivity contribution in [1.29, 1.82) is 0 Å². The van der Waals surface area contributed by atoms with Crippen LogP contribution in [-0.4, -0.2) is 27.1 Å². The minimum Gasteiger partial charge on any atom is -0.342 e. The highest BCUT2D eigenvalue weighted by Gasteiger charge is 2.16. The normalized spacial score (nSPS) is 11.9. The maximum absolute atomic E-state index is 12.3. The zero-order valence-corrected chi connectivity index (χ0v) is 14.1. The molecule has 0 saturated heterocycles. The van der Waals surface area contributed by atoms with Crippen LogP contribution >= 0.6 is 11.3 Å². The molecule has 7 heteroatoms. The van der Waals surface area contributed by atoms with Gasteiger partial charge in [-0.1, -0.05) is 19.8 Å². The van der Waals surface area contributed by atoms with Crippen molar-refractivity contribution < 1.29 is 9.59 Å². The van der Waals surface area contributed by atoms with Crippen LogP contribution in [0.1, 0.15) is 70.0 Å². The highest BCUT2D eigenvalue weighted by molar-refractivity contribution is 7.13. The molecular formula is C16H20N4O2S. The second-order valence-electron chi connectivity index (χ2n) is 5.27. The standard InChI is InChI=1S/C16H20N4O2S/c1-3-4-5-6-12-7-14(19-10-18-12)15(22)20-11(2)16-17-8-13(9-21)23-16/h7-11H,3-6H2,1-2H3,(H,20,22). The maximum Gasteiger partial charge on any atom is 0.270 e. The molecular weight excluding hydrogens is 312 g/mol. The van der Waals surface area contributed by atoms with Crippen LogP contribution in [0, 0.1) is 0 Å². The predicted octanol–water partition coefficient (Wildman–Crippen LogP) is 2.97. The molecule has 2 aromatic heterocycles. The summed E-state index contributed by atoms with van der Waals surface area (Å²) in [5.41, 5.74) is 1.23. The molecule has 0 saturated carbocycles. The molecule has 2 aromatic rings. The van der Waals surface area contributed by atoms with E-state index in [-0.39, 0.29) is 11.9 Å². The van der Waals surface area contributed by atoms with Gasteiger partial charge in [0.25, 0.3) is 5.91 Å². The number of carbonyl (C=O) groups is 2. The third-order valence-corrected chi connectivity index (χ3v) is 4.47. The number of amides is 1. The highest BCUT2D eigenvalue weighted by Crippen LogP contribution is 2.19. The zero-order chi connectivity index (χ0) is 16.7. The van der Waals surface area contributed by atoms with Crippen LogP contribution in [0.25, 0.3) is 0 Å². The minimum absolute atomic E-state index is 0.264. The van der Waals surface area contributed by atoms with Gasteiger partial charge in [-0.2, -0.15) is 0 Å². The molecule has 1 unspecified atom stereocenters. The molecule has 0 aliphatic heterocycles. The van der Waals surface area contributed by atoms with Crippen molar-refractivity contribution in [3.63, 3.8) is 0 Å². The number of aromatic nitrogens is 3. The molecule has 1 amide bonds. The van der Waals surface area contributed by atoms with Gasteiger partial charge in [0.1, 0.15) is 17.0 Å². The van der Waals surface area contributed by atoms with E-state index in [9.17, 15) is 9.59 Å². The number of thiazole rings is 1. The first-order valence-electron chi connectivity index (χ1n) is 7.66. The monoisotopic (exact) mass is 332 g/mol. The zero-order valence-electron chi connectivity index (χ0n) is 13.3.